The number of carbonyl (C=O) groups is 3. The van der Waals surface area contributed by atoms with Crippen LogP contribution in [0.3, 0.4) is 0 Å². The van der Waals surface area contributed by atoms with E-state index in [0.717, 1.165) is 11.8 Å². The molecular weight excluding hydrogens is 290 g/mol. The lowest BCUT2D eigenvalue weighted by molar-refractivity contribution is -0.126. The average Bonchev–Trinajstić information content (AvgIpc) is 2.90. The van der Waals surface area contributed by atoms with Gasteiger partial charge in [-0.05, 0) is 24.6 Å². The van der Waals surface area contributed by atoms with Crippen molar-refractivity contribution in [1.82, 2.24) is 0 Å². The van der Waals surface area contributed by atoms with Gasteiger partial charge in [0.2, 0.25) is 11.8 Å². The molecule has 3 rings (SSSR count). The first-order valence-corrected chi connectivity index (χ1v) is 7.51. The van der Waals surface area contributed by atoms with E-state index >= 15 is 0 Å². The highest BCUT2D eigenvalue weighted by Crippen LogP contribution is 2.39. The molecule has 116 valence electrons. The number of amides is 2. The second-order valence-corrected chi connectivity index (χ2v) is 5.93. The Morgan fingerprint density at radius 2 is 1.57 bits per heavy atom. The number of hydrogen-bond donors (Lipinski definition) is 0. The number of hydrogen-bond acceptors (Lipinski definition) is 3. The molecule has 1 fully saturated rings. The first-order chi connectivity index (χ1) is 11.1. The molecule has 0 aromatic heterocycles. The Bertz CT molecular complexity index is 742. The standard InChI is InChI=1S/C19H17NO3/c1-19(13-21,14-8-4-2-5-9-14)16-12-17(22)20(18(16)23)15-10-6-3-7-11-15/h2-11,13,16H,12H2,1H3/t16-,19?/m0/s1. The highest BCUT2D eigenvalue weighted by molar-refractivity contribution is 6.22. The molecule has 0 spiro atoms. The van der Waals surface area contributed by atoms with Crippen LogP contribution >= 0.6 is 0 Å². The van der Waals surface area contributed by atoms with Crippen molar-refractivity contribution in [3.05, 3.63) is 66.2 Å². The van der Waals surface area contributed by atoms with Crippen LogP contribution in [0.1, 0.15) is 18.9 Å². The third-order valence-electron chi connectivity index (χ3n) is 4.53. The van der Waals surface area contributed by atoms with E-state index in [-0.39, 0.29) is 18.2 Å². The normalized spacial score (nSPS) is 20.4. The zero-order valence-corrected chi connectivity index (χ0v) is 12.8. The van der Waals surface area contributed by atoms with Gasteiger partial charge in [-0.1, -0.05) is 48.5 Å². The van der Waals surface area contributed by atoms with Crippen molar-refractivity contribution in [2.45, 2.75) is 18.8 Å². The van der Waals surface area contributed by atoms with E-state index in [1.54, 1.807) is 31.2 Å². The molecule has 2 amide bonds. The topological polar surface area (TPSA) is 54.5 Å². The quantitative estimate of drug-likeness (QED) is 0.644. The average molecular weight is 307 g/mol. The van der Waals surface area contributed by atoms with Crippen LogP contribution in [0.25, 0.3) is 0 Å². The van der Waals surface area contributed by atoms with Crippen molar-refractivity contribution in [3.63, 3.8) is 0 Å². The molecule has 2 atom stereocenters. The Labute approximate surface area is 134 Å². The molecule has 0 radical (unpaired) electrons. The van der Waals surface area contributed by atoms with Crippen molar-refractivity contribution in [1.29, 1.82) is 0 Å². The van der Waals surface area contributed by atoms with Crippen molar-refractivity contribution in [2.75, 3.05) is 4.90 Å². The van der Waals surface area contributed by atoms with E-state index in [0.29, 0.717) is 5.69 Å². The smallest absolute Gasteiger partial charge is 0.238 e. The maximum atomic E-state index is 12.8. The molecule has 1 unspecified atom stereocenters. The van der Waals surface area contributed by atoms with Crippen LogP contribution in [0.15, 0.2) is 60.7 Å². The molecule has 4 heteroatoms. The van der Waals surface area contributed by atoms with Gasteiger partial charge in [0, 0.05) is 6.42 Å². The van der Waals surface area contributed by atoms with Crippen molar-refractivity contribution in [2.24, 2.45) is 5.92 Å². The van der Waals surface area contributed by atoms with Gasteiger partial charge in [-0.2, -0.15) is 0 Å². The van der Waals surface area contributed by atoms with E-state index in [2.05, 4.69) is 0 Å². The summed E-state index contributed by atoms with van der Waals surface area (Å²) in [6, 6.07) is 18.0. The summed E-state index contributed by atoms with van der Waals surface area (Å²) in [7, 11) is 0. The Hall–Kier alpha value is -2.75. The predicted molar refractivity (Wildman–Crippen MR) is 86.9 cm³/mol. The van der Waals surface area contributed by atoms with Gasteiger partial charge in [0.25, 0.3) is 0 Å². The monoisotopic (exact) mass is 307 g/mol. The first-order valence-electron chi connectivity index (χ1n) is 7.51. The number of nitrogens with zero attached hydrogens (tertiary/aromatic N) is 1. The van der Waals surface area contributed by atoms with Gasteiger partial charge in [-0.15, -0.1) is 0 Å². The lowest BCUT2D eigenvalue weighted by Gasteiger charge is -2.28. The van der Waals surface area contributed by atoms with Gasteiger partial charge in [0.05, 0.1) is 17.0 Å². The summed E-state index contributed by atoms with van der Waals surface area (Å²) in [6.45, 7) is 1.72. The van der Waals surface area contributed by atoms with E-state index in [1.165, 1.54) is 4.90 Å². The molecule has 0 N–H and O–H groups in total. The number of imide groups is 1. The van der Waals surface area contributed by atoms with Crippen molar-refractivity contribution in [3.8, 4) is 0 Å². The molecule has 1 aliphatic rings. The second kappa shape index (κ2) is 5.80. The minimum Gasteiger partial charge on any atom is -0.302 e. The maximum Gasteiger partial charge on any atom is 0.238 e. The lowest BCUT2D eigenvalue weighted by Crippen LogP contribution is -2.40. The Morgan fingerprint density at radius 3 is 2.13 bits per heavy atom. The van der Waals surface area contributed by atoms with E-state index < -0.39 is 11.3 Å². The summed E-state index contributed by atoms with van der Waals surface area (Å²) in [5, 5.41) is 0. The Balaban J connectivity index is 2.00. The molecule has 0 aliphatic carbocycles. The zero-order valence-electron chi connectivity index (χ0n) is 12.8. The van der Waals surface area contributed by atoms with Crippen molar-refractivity contribution >= 4 is 23.8 Å². The van der Waals surface area contributed by atoms with Gasteiger partial charge in [0.15, 0.2) is 0 Å². The summed E-state index contributed by atoms with van der Waals surface area (Å²) >= 11 is 0. The molecule has 23 heavy (non-hydrogen) atoms. The molecule has 1 heterocycles. The number of anilines is 1. The van der Waals surface area contributed by atoms with E-state index in [4.69, 9.17) is 0 Å². The minimum absolute atomic E-state index is 0.0395. The number of benzene rings is 2. The third-order valence-corrected chi connectivity index (χ3v) is 4.53. The minimum atomic E-state index is -1.02. The van der Waals surface area contributed by atoms with Crippen LogP contribution in [-0.2, 0) is 19.8 Å². The summed E-state index contributed by atoms with van der Waals surface area (Å²) in [4.78, 5) is 38.2. The maximum absolute atomic E-state index is 12.8. The molecule has 0 bridgehead atoms. The molecule has 1 saturated heterocycles. The fourth-order valence-electron chi connectivity index (χ4n) is 3.10. The van der Waals surface area contributed by atoms with Crippen LogP contribution in [0.5, 0.6) is 0 Å². The second-order valence-electron chi connectivity index (χ2n) is 5.93. The van der Waals surface area contributed by atoms with Gasteiger partial charge < -0.3 is 4.79 Å². The Morgan fingerprint density at radius 1 is 1.00 bits per heavy atom. The van der Waals surface area contributed by atoms with Gasteiger partial charge in [0.1, 0.15) is 6.29 Å². The number of aldehydes is 1. The largest absolute Gasteiger partial charge is 0.302 e. The zero-order chi connectivity index (χ0) is 16.4. The van der Waals surface area contributed by atoms with Gasteiger partial charge >= 0.3 is 0 Å². The van der Waals surface area contributed by atoms with Crippen LogP contribution in [0.2, 0.25) is 0 Å². The lowest BCUT2D eigenvalue weighted by atomic mass is 9.72. The summed E-state index contributed by atoms with van der Waals surface area (Å²) in [5.74, 6) is -1.27. The predicted octanol–water partition coefficient (Wildman–Crippen LogP) is 2.72. The summed E-state index contributed by atoms with van der Waals surface area (Å²) < 4.78 is 0. The SMILES string of the molecule is CC(C=O)(c1ccccc1)[C@H]1CC(=O)N(c2ccccc2)C1=O. The molecule has 2 aromatic carbocycles. The summed E-state index contributed by atoms with van der Waals surface area (Å²) in [6.07, 6.45) is 0.824. The molecule has 1 aliphatic heterocycles. The molecular formula is C19H17NO3. The van der Waals surface area contributed by atoms with Gasteiger partial charge in [-0.3, -0.25) is 14.5 Å². The first kappa shape index (κ1) is 15.2. The number of rotatable bonds is 4. The van der Waals surface area contributed by atoms with Crippen molar-refractivity contribution < 1.29 is 14.4 Å². The highest BCUT2D eigenvalue weighted by atomic mass is 16.2. The molecule has 0 saturated carbocycles. The highest BCUT2D eigenvalue weighted by Gasteiger charge is 2.50. The number of para-hydroxylation sites is 1. The molecule has 4 nitrogen and oxygen atoms in total. The van der Waals surface area contributed by atoms with E-state index in [9.17, 15) is 14.4 Å². The third kappa shape index (κ3) is 2.46. The van der Waals surface area contributed by atoms with Crippen LogP contribution < -0.4 is 4.90 Å². The van der Waals surface area contributed by atoms with Crippen LogP contribution in [0, 0.1) is 5.92 Å². The fraction of sp³-hybridized carbons (Fsp3) is 0.211. The van der Waals surface area contributed by atoms with Crippen LogP contribution in [-0.4, -0.2) is 18.1 Å². The molecule has 2 aromatic rings. The fourth-order valence-corrected chi connectivity index (χ4v) is 3.10. The van der Waals surface area contributed by atoms with Crippen LogP contribution in [0.4, 0.5) is 5.69 Å². The van der Waals surface area contributed by atoms with E-state index in [1.807, 2.05) is 36.4 Å². The Kier molecular flexibility index (Phi) is 3.82. The summed E-state index contributed by atoms with van der Waals surface area (Å²) in [5.41, 5.74) is 0.278. The van der Waals surface area contributed by atoms with Gasteiger partial charge in [-0.25, -0.2) is 0 Å². The number of carbonyl (C=O) groups excluding carboxylic acids is 3.